The third kappa shape index (κ3) is 2.16. The van der Waals surface area contributed by atoms with Crippen molar-refractivity contribution >= 4 is 28.4 Å². The predicted octanol–water partition coefficient (Wildman–Crippen LogP) is 3.20. The number of rotatable bonds is 3. The number of ketones is 1. The molecule has 2 heteroatoms. The molecule has 1 aliphatic rings. The lowest BCUT2D eigenvalue weighted by Crippen LogP contribution is -2.14. The van der Waals surface area contributed by atoms with Gasteiger partial charge in [-0.25, -0.2) is 0 Å². The lowest BCUT2D eigenvalue weighted by atomic mass is 9.97. The molecule has 1 aliphatic carbocycles. The molecular weight excluding hydrogens is 287 g/mol. The molecule has 0 aliphatic heterocycles. The Morgan fingerprint density at radius 3 is 2.43 bits per heavy atom. The first-order chi connectivity index (χ1) is 6.60. The molecule has 14 heavy (non-hydrogen) atoms. The van der Waals surface area contributed by atoms with E-state index in [1.54, 1.807) is 0 Å². The van der Waals surface area contributed by atoms with Gasteiger partial charge in [-0.3, -0.25) is 4.79 Å². The fourth-order valence-electron chi connectivity index (χ4n) is 1.47. The van der Waals surface area contributed by atoms with E-state index in [4.69, 9.17) is 0 Å². The zero-order chi connectivity index (χ0) is 10.2. The molecule has 0 atom stereocenters. The average Bonchev–Trinajstić information content (AvgIpc) is 2.89. The molecule has 0 N–H and O–H groups in total. The summed E-state index contributed by atoms with van der Waals surface area (Å²) in [6.07, 6.45) is 2.76. The molecule has 1 saturated carbocycles. The molecule has 0 amide bonds. The van der Waals surface area contributed by atoms with E-state index in [9.17, 15) is 4.79 Å². The van der Waals surface area contributed by atoms with E-state index in [0.717, 1.165) is 18.4 Å². The van der Waals surface area contributed by atoms with Gasteiger partial charge in [0.05, 0.1) is 0 Å². The van der Waals surface area contributed by atoms with Crippen LogP contribution in [0.5, 0.6) is 0 Å². The van der Waals surface area contributed by atoms with Gasteiger partial charge in [-0.2, -0.15) is 0 Å². The number of Topliss-reactive ketones (excluding diaryl/α,β-unsaturated/α-hetero) is 1. The van der Waals surface area contributed by atoms with Gasteiger partial charge in [0.25, 0.3) is 0 Å². The summed E-state index contributed by atoms with van der Waals surface area (Å²) in [5.41, 5.74) is 1.16. The van der Waals surface area contributed by atoms with Crippen LogP contribution in [-0.4, -0.2) is 5.78 Å². The fraction of sp³-hybridized carbons (Fsp3) is 0.417. The van der Waals surface area contributed by atoms with Gasteiger partial charge in [-0.05, 0) is 53.1 Å². The van der Waals surface area contributed by atoms with Crippen molar-refractivity contribution in [3.8, 4) is 0 Å². The average molecular weight is 300 g/mol. The number of hydrogen-bond acceptors (Lipinski definition) is 1. The number of benzene rings is 1. The first-order valence-corrected chi connectivity index (χ1v) is 5.96. The SMILES string of the molecule is CC1(C(=O)Cc2ccc(I)cc2)CC1. The maximum Gasteiger partial charge on any atom is 0.143 e. The highest BCUT2D eigenvalue weighted by molar-refractivity contribution is 14.1. The maximum absolute atomic E-state index is 11.8. The Hall–Kier alpha value is -0.380. The molecule has 2 rings (SSSR count). The summed E-state index contributed by atoms with van der Waals surface area (Å²) in [5.74, 6) is 0.402. The summed E-state index contributed by atoms with van der Waals surface area (Å²) in [7, 11) is 0. The number of carbonyl (C=O) groups is 1. The van der Waals surface area contributed by atoms with E-state index in [-0.39, 0.29) is 5.41 Å². The number of hydrogen-bond donors (Lipinski definition) is 0. The van der Waals surface area contributed by atoms with Crippen molar-refractivity contribution in [3.63, 3.8) is 0 Å². The Bertz CT molecular complexity index is 349. The quantitative estimate of drug-likeness (QED) is 0.784. The molecular formula is C12H13IO. The van der Waals surface area contributed by atoms with Gasteiger partial charge in [0.1, 0.15) is 5.78 Å². The van der Waals surface area contributed by atoms with Crippen molar-refractivity contribution < 1.29 is 4.79 Å². The van der Waals surface area contributed by atoms with Crippen LogP contribution in [0.1, 0.15) is 25.3 Å². The Balaban J connectivity index is 2.04. The zero-order valence-corrected chi connectivity index (χ0v) is 10.4. The van der Waals surface area contributed by atoms with Crippen LogP contribution in [0.4, 0.5) is 0 Å². The second-order valence-electron chi connectivity index (χ2n) is 4.29. The van der Waals surface area contributed by atoms with Crippen LogP contribution < -0.4 is 0 Å². The van der Waals surface area contributed by atoms with Crippen LogP contribution in [0.15, 0.2) is 24.3 Å². The highest BCUT2D eigenvalue weighted by atomic mass is 127. The van der Waals surface area contributed by atoms with Crippen LogP contribution in [-0.2, 0) is 11.2 Å². The van der Waals surface area contributed by atoms with Crippen LogP contribution in [0.3, 0.4) is 0 Å². The smallest absolute Gasteiger partial charge is 0.143 e. The maximum atomic E-state index is 11.8. The first-order valence-electron chi connectivity index (χ1n) is 4.88. The van der Waals surface area contributed by atoms with Crippen LogP contribution in [0, 0.1) is 8.99 Å². The standard InChI is InChI=1S/C12H13IO/c1-12(6-7-12)11(14)8-9-2-4-10(13)5-3-9/h2-5H,6-8H2,1H3. The van der Waals surface area contributed by atoms with E-state index in [0.29, 0.717) is 12.2 Å². The van der Waals surface area contributed by atoms with Gasteiger partial charge in [0, 0.05) is 15.4 Å². The lowest BCUT2D eigenvalue weighted by Gasteiger charge is -2.06. The molecule has 1 fully saturated rings. The summed E-state index contributed by atoms with van der Waals surface area (Å²) in [6.45, 7) is 2.07. The van der Waals surface area contributed by atoms with E-state index >= 15 is 0 Å². The van der Waals surface area contributed by atoms with Crippen molar-refractivity contribution in [1.29, 1.82) is 0 Å². The highest BCUT2D eigenvalue weighted by Crippen LogP contribution is 2.46. The molecule has 1 aromatic carbocycles. The second-order valence-corrected chi connectivity index (χ2v) is 5.53. The molecule has 0 radical (unpaired) electrons. The third-order valence-electron chi connectivity index (χ3n) is 2.95. The van der Waals surface area contributed by atoms with Gasteiger partial charge in [-0.1, -0.05) is 19.1 Å². The lowest BCUT2D eigenvalue weighted by molar-refractivity contribution is -0.122. The molecule has 1 nitrogen and oxygen atoms in total. The summed E-state index contributed by atoms with van der Waals surface area (Å²) in [4.78, 5) is 11.8. The summed E-state index contributed by atoms with van der Waals surface area (Å²) in [6, 6.07) is 8.20. The van der Waals surface area contributed by atoms with Crippen LogP contribution in [0.25, 0.3) is 0 Å². The molecule has 0 saturated heterocycles. The Morgan fingerprint density at radius 2 is 1.93 bits per heavy atom. The van der Waals surface area contributed by atoms with Gasteiger partial charge in [0.2, 0.25) is 0 Å². The molecule has 0 unspecified atom stereocenters. The molecule has 1 aromatic rings. The van der Waals surface area contributed by atoms with Crippen molar-refractivity contribution in [1.82, 2.24) is 0 Å². The van der Waals surface area contributed by atoms with E-state index in [1.165, 1.54) is 3.57 Å². The highest BCUT2D eigenvalue weighted by Gasteiger charge is 2.43. The minimum Gasteiger partial charge on any atom is -0.299 e. The predicted molar refractivity (Wildman–Crippen MR) is 65.2 cm³/mol. The van der Waals surface area contributed by atoms with Crippen LogP contribution >= 0.6 is 22.6 Å². The van der Waals surface area contributed by atoms with E-state index < -0.39 is 0 Å². The largest absolute Gasteiger partial charge is 0.299 e. The topological polar surface area (TPSA) is 17.1 Å². The Kier molecular flexibility index (Phi) is 2.64. The molecule has 0 spiro atoms. The van der Waals surface area contributed by atoms with E-state index in [2.05, 4.69) is 41.6 Å². The Morgan fingerprint density at radius 1 is 1.36 bits per heavy atom. The minimum absolute atomic E-state index is 0.0169. The van der Waals surface area contributed by atoms with Gasteiger partial charge in [-0.15, -0.1) is 0 Å². The fourth-order valence-corrected chi connectivity index (χ4v) is 1.83. The minimum atomic E-state index is 0.0169. The van der Waals surface area contributed by atoms with Crippen molar-refractivity contribution in [3.05, 3.63) is 33.4 Å². The van der Waals surface area contributed by atoms with E-state index in [1.807, 2.05) is 12.1 Å². The molecule has 0 heterocycles. The second kappa shape index (κ2) is 3.65. The number of halogens is 1. The zero-order valence-electron chi connectivity index (χ0n) is 8.22. The van der Waals surface area contributed by atoms with Gasteiger partial charge in [0.15, 0.2) is 0 Å². The summed E-state index contributed by atoms with van der Waals surface area (Å²) in [5, 5.41) is 0. The third-order valence-corrected chi connectivity index (χ3v) is 3.67. The molecule has 74 valence electrons. The number of carbonyl (C=O) groups excluding carboxylic acids is 1. The molecule has 0 bridgehead atoms. The van der Waals surface area contributed by atoms with Crippen molar-refractivity contribution in [2.75, 3.05) is 0 Å². The first kappa shape index (κ1) is 10.1. The van der Waals surface area contributed by atoms with Crippen molar-refractivity contribution in [2.24, 2.45) is 5.41 Å². The van der Waals surface area contributed by atoms with Crippen LogP contribution in [0.2, 0.25) is 0 Å². The summed E-state index contributed by atoms with van der Waals surface area (Å²) >= 11 is 2.27. The summed E-state index contributed by atoms with van der Waals surface area (Å²) < 4.78 is 1.22. The Labute approximate surface area is 98.0 Å². The monoisotopic (exact) mass is 300 g/mol. The van der Waals surface area contributed by atoms with Gasteiger partial charge >= 0.3 is 0 Å². The van der Waals surface area contributed by atoms with Crippen molar-refractivity contribution in [2.45, 2.75) is 26.2 Å². The normalized spacial score (nSPS) is 17.9. The molecule has 0 aromatic heterocycles. The van der Waals surface area contributed by atoms with Gasteiger partial charge < -0.3 is 0 Å².